The maximum absolute atomic E-state index is 12.3. The minimum Gasteiger partial charge on any atom is -0.487 e. The van der Waals surface area contributed by atoms with Crippen LogP contribution in [0.3, 0.4) is 0 Å². The lowest BCUT2D eigenvalue weighted by Gasteiger charge is -2.22. The second-order valence-electron chi connectivity index (χ2n) is 8.91. The van der Waals surface area contributed by atoms with Gasteiger partial charge in [0, 0.05) is 21.7 Å². The van der Waals surface area contributed by atoms with Crippen molar-refractivity contribution in [3.05, 3.63) is 76.0 Å². The van der Waals surface area contributed by atoms with Gasteiger partial charge in [0.2, 0.25) is 5.91 Å². The van der Waals surface area contributed by atoms with Crippen LogP contribution in [0.4, 0.5) is 0 Å². The highest BCUT2D eigenvalue weighted by molar-refractivity contribution is 6.31. The number of aromatic nitrogens is 4. The highest BCUT2D eigenvalue weighted by Crippen LogP contribution is 2.32. The first kappa shape index (κ1) is 25.6. The first-order valence-corrected chi connectivity index (χ1v) is 12.2. The lowest BCUT2D eigenvalue weighted by Crippen LogP contribution is -2.36. The van der Waals surface area contributed by atoms with Crippen molar-refractivity contribution in [1.82, 2.24) is 25.1 Å². The van der Waals surface area contributed by atoms with E-state index in [2.05, 4.69) is 15.4 Å². The maximum atomic E-state index is 12.3. The van der Waals surface area contributed by atoms with Gasteiger partial charge in [-0.3, -0.25) is 4.79 Å². The lowest BCUT2D eigenvalue weighted by atomic mass is 9.98. The van der Waals surface area contributed by atoms with Crippen LogP contribution in [0.1, 0.15) is 54.5 Å². The number of aryl methyl sites for hydroxylation is 3. The Kier molecular flexibility index (Phi) is 7.56. The zero-order valence-corrected chi connectivity index (χ0v) is 21.8. The van der Waals surface area contributed by atoms with Crippen LogP contribution in [0.2, 0.25) is 5.02 Å². The summed E-state index contributed by atoms with van der Waals surface area (Å²) >= 11 is 6.65. The minimum atomic E-state index is -1.06. The van der Waals surface area contributed by atoms with E-state index in [1.807, 2.05) is 64.1 Å². The molecule has 0 aliphatic rings. The lowest BCUT2D eigenvalue weighted by molar-refractivity contribution is -0.130. The number of nitrogens with one attached hydrogen (secondary N) is 1. The number of carbonyl (C=O) groups excluding carboxylic acids is 1. The fourth-order valence-electron chi connectivity index (χ4n) is 4.22. The molecule has 0 fully saturated rings. The molecule has 0 unspecified atom stereocenters. The Bertz CT molecular complexity index is 1420. The molecule has 1 amide bonds. The van der Waals surface area contributed by atoms with Crippen LogP contribution >= 0.6 is 11.6 Å². The SMILES string of the molecule is CC[C@@H](O)C(=O)N[C@@H](C)c1cc(C)cc(Cl)c1COc1cccc2c(-n3ncnc3C)cc(C)nc12. The standard InChI is InChI=1S/C27H30ClN5O3/c1-6-24(34)27(35)32-17(4)20-10-15(2)11-22(28)21(20)13-36-25-9-7-8-19-23(12-16(3)31-26(19)25)33-18(5)29-14-30-33/h7-12,14,17,24,34H,6,13H2,1-5H3,(H,32,35)/t17-,24+/m0/s1. The zero-order chi connectivity index (χ0) is 26.0. The summed E-state index contributed by atoms with van der Waals surface area (Å²) in [4.78, 5) is 21.3. The van der Waals surface area contributed by atoms with E-state index in [0.29, 0.717) is 22.7 Å². The van der Waals surface area contributed by atoms with Gasteiger partial charge >= 0.3 is 0 Å². The number of pyridine rings is 1. The molecule has 0 saturated heterocycles. The molecule has 2 N–H and O–H groups in total. The van der Waals surface area contributed by atoms with Crippen molar-refractivity contribution in [2.75, 3.05) is 0 Å². The number of rotatable bonds is 8. The van der Waals surface area contributed by atoms with Crippen LogP contribution in [0.15, 0.2) is 42.7 Å². The van der Waals surface area contributed by atoms with Gasteiger partial charge in [-0.1, -0.05) is 36.7 Å². The van der Waals surface area contributed by atoms with Gasteiger partial charge in [-0.2, -0.15) is 5.10 Å². The number of benzene rings is 2. The summed E-state index contributed by atoms with van der Waals surface area (Å²) in [6, 6.07) is 11.2. The van der Waals surface area contributed by atoms with Crippen molar-refractivity contribution >= 4 is 28.4 Å². The Balaban J connectivity index is 1.69. The summed E-state index contributed by atoms with van der Waals surface area (Å²) in [5.74, 6) is 0.962. The van der Waals surface area contributed by atoms with Crippen LogP contribution in [0, 0.1) is 20.8 Å². The maximum Gasteiger partial charge on any atom is 0.249 e. The van der Waals surface area contributed by atoms with Crippen LogP contribution < -0.4 is 10.1 Å². The van der Waals surface area contributed by atoms with E-state index in [0.717, 1.165) is 39.3 Å². The largest absolute Gasteiger partial charge is 0.487 e. The van der Waals surface area contributed by atoms with E-state index in [4.69, 9.17) is 21.3 Å². The normalized spacial score (nSPS) is 13.0. The summed E-state index contributed by atoms with van der Waals surface area (Å²) in [6.07, 6.45) is 0.810. The van der Waals surface area contributed by atoms with Crippen LogP contribution in [-0.4, -0.2) is 36.9 Å². The van der Waals surface area contributed by atoms with Gasteiger partial charge in [0.1, 0.15) is 36.1 Å². The fraction of sp³-hybridized carbons (Fsp3) is 0.333. The van der Waals surface area contributed by atoms with Gasteiger partial charge in [-0.05, 0) is 63.4 Å². The van der Waals surface area contributed by atoms with E-state index in [1.54, 1.807) is 11.6 Å². The predicted molar refractivity (Wildman–Crippen MR) is 140 cm³/mol. The number of para-hydroxylation sites is 1. The predicted octanol–water partition coefficient (Wildman–Crippen LogP) is 4.92. The topological polar surface area (TPSA) is 102 Å². The number of aliphatic hydroxyl groups excluding tert-OH is 1. The van der Waals surface area contributed by atoms with Crippen molar-refractivity contribution in [3.63, 3.8) is 0 Å². The Morgan fingerprint density at radius 1 is 1.22 bits per heavy atom. The molecule has 0 saturated carbocycles. The third kappa shape index (κ3) is 5.20. The molecule has 9 heteroatoms. The second-order valence-corrected chi connectivity index (χ2v) is 9.32. The average Bonchev–Trinajstić information content (AvgIpc) is 3.27. The van der Waals surface area contributed by atoms with Crippen LogP contribution in [0.25, 0.3) is 16.6 Å². The Labute approximate surface area is 215 Å². The molecule has 0 aliphatic carbocycles. The average molecular weight is 508 g/mol. The Hall–Kier alpha value is -3.49. The summed E-state index contributed by atoms with van der Waals surface area (Å²) in [5.41, 5.74) is 4.96. The van der Waals surface area contributed by atoms with Crippen molar-refractivity contribution < 1.29 is 14.6 Å². The first-order chi connectivity index (χ1) is 17.2. The summed E-state index contributed by atoms with van der Waals surface area (Å²) in [6.45, 7) is 9.57. The Morgan fingerprint density at radius 3 is 2.69 bits per heavy atom. The van der Waals surface area contributed by atoms with Crippen molar-refractivity contribution in [1.29, 1.82) is 0 Å². The number of hydrogen-bond donors (Lipinski definition) is 2. The molecular formula is C27H30ClN5O3. The molecule has 0 aliphatic heterocycles. The minimum absolute atomic E-state index is 0.178. The van der Waals surface area contributed by atoms with Gasteiger partial charge in [0.25, 0.3) is 0 Å². The number of fused-ring (bicyclic) bond motifs is 1. The monoisotopic (exact) mass is 507 g/mol. The van der Waals surface area contributed by atoms with Gasteiger partial charge in [0.05, 0.1) is 11.7 Å². The van der Waals surface area contributed by atoms with Gasteiger partial charge in [0.15, 0.2) is 0 Å². The third-order valence-corrected chi connectivity index (χ3v) is 6.45. The fourth-order valence-corrected chi connectivity index (χ4v) is 4.55. The third-order valence-electron chi connectivity index (χ3n) is 6.12. The number of halogens is 1. The molecule has 0 bridgehead atoms. The quantitative estimate of drug-likeness (QED) is 0.351. The van der Waals surface area contributed by atoms with E-state index >= 15 is 0 Å². The van der Waals surface area contributed by atoms with Crippen molar-refractivity contribution in [3.8, 4) is 11.4 Å². The van der Waals surface area contributed by atoms with E-state index in [1.165, 1.54) is 6.33 Å². The number of nitrogens with zero attached hydrogens (tertiary/aromatic N) is 4. The van der Waals surface area contributed by atoms with Crippen molar-refractivity contribution in [2.45, 2.75) is 59.8 Å². The summed E-state index contributed by atoms with van der Waals surface area (Å²) in [5, 5.41) is 18.6. The zero-order valence-electron chi connectivity index (χ0n) is 21.0. The van der Waals surface area contributed by atoms with Crippen LogP contribution in [-0.2, 0) is 11.4 Å². The van der Waals surface area contributed by atoms with E-state index in [9.17, 15) is 9.90 Å². The Morgan fingerprint density at radius 2 is 2.00 bits per heavy atom. The molecule has 2 aromatic carbocycles. The van der Waals surface area contributed by atoms with Crippen molar-refractivity contribution in [2.24, 2.45) is 0 Å². The highest BCUT2D eigenvalue weighted by atomic mass is 35.5. The molecule has 2 aromatic heterocycles. The van der Waals surface area contributed by atoms with E-state index in [-0.39, 0.29) is 12.6 Å². The number of aliphatic hydroxyl groups is 1. The number of carbonyl (C=O) groups is 1. The molecule has 8 nitrogen and oxygen atoms in total. The smallest absolute Gasteiger partial charge is 0.249 e. The molecule has 0 radical (unpaired) electrons. The van der Waals surface area contributed by atoms with Gasteiger partial charge in [-0.25, -0.2) is 14.6 Å². The van der Waals surface area contributed by atoms with Gasteiger partial charge < -0.3 is 15.2 Å². The number of hydrogen-bond acceptors (Lipinski definition) is 6. The molecule has 0 spiro atoms. The second kappa shape index (κ2) is 10.6. The molecule has 36 heavy (non-hydrogen) atoms. The first-order valence-electron chi connectivity index (χ1n) is 11.9. The molecular weight excluding hydrogens is 478 g/mol. The molecule has 2 heterocycles. The highest BCUT2D eigenvalue weighted by Gasteiger charge is 2.21. The molecule has 188 valence electrons. The molecule has 2 atom stereocenters. The summed E-state index contributed by atoms with van der Waals surface area (Å²) < 4.78 is 8.08. The molecule has 4 rings (SSSR count). The summed E-state index contributed by atoms with van der Waals surface area (Å²) in [7, 11) is 0. The van der Waals surface area contributed by atoms with Gasteiger partial charge in [-0.15, -0.1) is 0 Å². The number of amides is 1. The van der Waals surface area contributed by atoms with E-state index < -0.39 is 12.0 Å². The molecule has 4 aromatic rings. The number of ether oxygens (including phenoxy) is 1. The van der Waals surface area contributed by atoms with Crippen LogP contribution in [0.5, 0.6) is 5.75 Å².